The van der Waals surface area contributed by atoms with Gasteiger partial charge in [0.1, 0.15) is 18.2 Å². The third-order valence-electron chi connectivity index (χ3n) is 8.27. The Labute approximate surface area is 240 Å². The van der Waals surface area contributed by atoms with Crippen molar-refractivity contribution in [1.29, 1.82) is 0 Å². The topological polar surface area (TPSA) is 42.4 Å². The van der Waals surface area contributed by atoms with E-state index in [0.717, 1.165) is 40.5 Å². The summed E-state index contributed by atoms with van der Waals surface area (Å²) in [7, 11) is -2.13. The molecule has 0 radical (unpaired) electrons. The summed E-state index contributed by atoms with van der Waals surface area (Å²) in [6.07, 6.45) is 5.27. The number of hydrogen-bond acceptors (Lipinski definition) is 4. The first-order valence-electron chi connectivity index (χ1n) is 14.8. The molecular formula is C34H46FN2O2P. The molecule has 0 aliphatic heterocycles. The number of pyridine rings is 1. The van der Waals surface area contributed by atoms with Crippen LogP contribution in [0.1, 0.15) is 75.8 Å². The summed E-state index contributed by atoms with van der Waals surface area (Å²) in [6.45, 7) is 15.8. The first-order chi connectivity index (χ1) is 19.0. The molecule has 216 valence electrons. The van der Waals surface area contributed by atoms with Gasteiger partial charge in [-0.05, 0) is 113 Å². The average molecular weight is 565 g/mol. The molecule has 1 heterocycles. The number of rotatable bonds is 13. The largest absolute Gasteiger partial charge is 0.489 e. The zero-order chi connectivity index (χ0) is 29.0. The Morgan fingerprint density at radius 1 is 1.05 bits per heavy atom. The van der Waals surface area contributed by atoms with Gasteiger partial charge in [0.15, 0.2) is 0 Å². The molecule has 0 spiro atoms. The van der Waals surface area contributed by atoms with E-state index in [1.54, 1.807) is 0 Å². The summed E-state index contributed by atoms with van der Waals surface area (Å²) in [6, 6.07) is 17.1. The summed E-state index contributed by atoms with van der Waals surface area (Å²) in [4.78, 5) is 6.55. The monoisotopic (exact) mass is 564 g/mol. The molecule has 1 aliphatic rings. The second-order valence-corrected chi connectivity index (χ2v) is 15.8. The minimum absolute atomic E-state index is 0.307. The van der Waals surface area contributed by atoms with Crippen molar-refractivity contribution >= 4 is 7.14 Å². The van der Waals surface area contributed by atoms with Gasteiger partial charge in [0, 0.05) is 36.0 Å². The number of aryl methyl sites for hydroxylation is 1. The maximum Gasteiger partial charge on any atom is 0.149 e. The summed E-state index contributed by atoms with van der Waals surface area (Å²) >= 11 is 0. The van der Waals surface area contributed by atoms with Crippen LogP contribution in [0.25, 0.3) is 11.1 Å². The van der Waals surface area contributed by atoms with Crippen LogP contribution in [-0.2, 0) is 17.7 Å². The van der Waals surface area contributed by atoms with Gasteiger partial charge in [-0.2, -0.15) is 0 Å². The van der Waals surface area contributed by atoms with Crippen LogP contribution in [-0.4, -0.2) is 41.0 Å². The highest BCUT2D eigenvalue weighted by molar-refractivity contribution is 7.63. The van der Waals surface area contributed by atoms with Crippen LogP contribution in [0.3, 0.4) is 0 Å². The van der Waals surface area contributed by atoms with Crippen LogP contribution in [0, 0.1) is 18.7 Å². The smallest absolute Gasteiger partial charge is 0.149 e. The first kappa shape index (κ1) is 30.5. The van der Waals surface area contributed by atoms with Gasteiger partial charge in [-0.25, -0.2) is 4.39 Å². The van der Waals surface area contributed by atoms with Crippen LogP contribution >= 0.6 is 7.14 Å². The highest BCUT2D eigenvalue weighted by Gasteiger charge is 2.35. The van der Waals surface area contributed by atoms with E-state index in [0.29, 0.717) is 42.6 Å². The average Bonchev–Trinajstić information content (AvgIpc) is 3.76. The number of nitrogens with zero attached hydrogens (tertiary/aromatic N) is 2. The lowest BCUT2D eigenvalue weighted by molar-refractivity contribution is 0.166. The van der Waals surface area contributed by atoms with Crippen LogP contribution in [0.5, 0.6) is 5.75 Å². The maximum atomic E-state index is 14.9. The molecule has 2 atom stereocenters. The van der Waals surface area contributed by atoms with Gasteiger partial charge in [0.05, 0.1) is 13.3 Å². The minimum Gasteiger partial charge on any atom is -0.489 e. The fourth-order valence-corrected chi connectivity index (χ4v) is 7.21. The summed E-state index contributed by atoms with van der Waals surface area (Å²) in [5.74, 6) is 1.49. The number of halogens is 1. The fraction of sp³-hybridized carbons (Fsp3) is 0.500. The molecule has 3 aromatic rings. The summed E-state index contributed by atoms with van der Waals surface area (Å²) in [5, 5.41) is 0. The van der Waals surface area contributed by atoms with Gasteiger partial charge in [-0.1, -0.05) is 37.3 Å². The van der Waals surface area contributed by atoms with Crippen molar-refractivity contribution in [3.63, 3.8) is 0 Å². The summed E-state index contributed by atoms with van der Waals surface area (Å²) in [5.41, 5.74) is 5.63. The molecule has 2 aromatic carbocycles. The van der Waals surface area contributed by atoms with Gasteiger partial charge < -0.3 is 9.30 Å². The zero-order valence-electron chi connectivity index (χ0n) is 25.3. The molecule has 1 fully saturated rings. The minimum atomic E-state index is -2.13. The number of hydrogen-bond donors (Lipinski definition) is 0. The molecule has 40 heavy (non-hydrogen) atoms. The normalized spacial score (nSPS) is 16.0. The first-order valence-corrected chi connectivity index (χ1v) is 17.3. The predicted octanol–water partition coefficient (Wildman–Crippen LogP) is 8.90. The molecule has 6 heteroatoms. The van der Waals surface area contributed by atoms with E-state index in [9.17, 15) is 8.96 Å². The maximum absolute atomic E-state index is 14.9. The Balaban J connectivity index is 1.59. The highest BCUT2D eigenvalue weighted by atomic mass is 31.2. The van der Waals surface area contributed by atoms with Crippen LogP contribution in [0.15, 0.2) is 54.7 Å². The third kappa shape index (κ3) is 7.83. The Kier molecular flexibility index (Phi) is 9.90. The van der Waals surface area contributed by atoms with Crippen molar-refractivity contribution in [2.75, 3.05) is 19.0 Å². The van der Waals surface area contributed by atoms with Gasteiger partial charge in [0.25, 0.3) is 0 Å². The SMILES string of the molecule is CC[P@@](C)(=O)C[C@H](c1cccc(OCc2ccc(-c3cc(C)ncc3F)c(CN(C(C)C)C(C)C)c2)c1)C1CC1. The molecule has 1 saturated carbocycles. The summed E-state index contributed by atoms with van der Waals surface area (Å²) < 4.78 is 34.2. The van der Waals surface area contributed by atoms with Crippen molar-refractivity contribution in [2.24, 2.45) is 5.92 Å². The number of ether oxygens (including phenoxy) is 1. The van der Waals surface area contributed by atoms with Crippen LogP contribution < -0.4 is 4.74 Å². The van der Waals surface area contributed by atoms with Gasteiger partial charge in [-0.15, -0.1) is 0 Å². The van der Waals surface area contributed by atoms with Gasteiger partial charge in [-0.3, -0.25) is 9.88 Å². The van der Waals surface area contributed by atoms with Crippen molar-refractivity contribution in [2.45, 2.75) is 85.5 Å². The van der Waals surface area contributed by atoms with E-state index in [1.807, 2.05) is 44.8 Å². The number of benzene rings is 2. The lowest BCUT2D eigenvalue weighted by Crippen LogP contribution is -2.36. The second kappa shape index (κ2) is 13.0. The number of aromatic nitrogens is 1. The molecule has 4 rings (SSSR count). The van der Waals surface area contributed by atoms with E-state index in [1.165, 1.54) is 24.6 Å². The molecule has 4 nitrogen and oxygen atoms in total. The Hall–Kier alpha value is -2.49. The van der Waals surface area contributed by atoms with E-state index in [4.69, 9.17) is 4.74 Å². The molecule has 0 bridgehead atoms. The standard InChI is InChI=1S/C34H46FN2O2P/c1-8-40(7,38)22-33(27-13-14-27)28-10-9-11-30(18-28)39-21-26-12-15-31(32-16-25(6)36-19-34(32)35)29(17-26)20-37(23(2)3)24(4)5/h9-12,15-19,23-24,27,33H,8,13-14,20-22H2,1-7H3/t33-,40+/m0/s1. The van der Waals surface area contributed by atoms with E-state index in [-0.39, 0.29) is 5.82 Å². The molecule has 0 unspecified atom stereocenters. The van der Waals surface area contributed by atoms with Gasteiger partial charge in [0.2, 0.25) is 0 Å². The van der Waals surface area contributed by atoms with Crippen LogP contribution in [0.4, 0.5) is 4.39 Å². The second-order valence-electron chi connectivity index (χ2n) is 12.3. The molecular weight excluding hydrogens is 518 g/mol. The molecule has 1 aliphatic carbocycles. The van der Waals surface area contributed by atoms with Crippen molar-refractivity contribution < 1.29 is 13.7 Å². The molecule has 1 aromatic heterocycles. The lowest BCUT2D eigenvalue weighted by atomic mass is 9.96. The predicted molar refractivity (Wildman–Crippen MR) is 165 cm³/mol. The van der Waals surface area contributed by atoms with E-state index in [2.05, 4.69) is 61.8 Å². The quantitative estimate of drug-likeness (QED) is 0.194. The Morgan fingerprint density at radius 3 is 2.42 bits per heavy atom. The van der Waals surface area contributed by atoms with E-state index >= 15 is 0 Å². The van der Waals surface area contributed by atoms with Crippen molar-refractivity contribution in [1.82, 2.24) is 9.88 Å². The van der Waals surface area contributed by atoms with Gasteiger partial charge >= 0.3 is 0 Å². The molecule has 0 saturated heterocycles. The van der Waals surface area contributed by atoms with Crippen molar-refractivity contribution in [3.8, 4) is 16.9 Å². The fourth-order valence-electron chi connectivity index (χ4n) is 5.61. The lowest BCUT2D eigenvalue weighted by Gasteiger charge is -2.31. The molecule has 0 N–H and O–H groups in total. The van der Waals surface area contributed by atoms with E-state index < -0.39 is 7.14 Å². The highest BCUT2D eigenvalue weighted by Crippen LogP contribution is 2.52. The van der Waals surface area contributed by atoms with Crippen molar-refractivity contribution in [3.05, 3.63) is 82.9 Å². The Morgan fingerprint density at radius 2 is 1.77 bits per heavy atom. The third-order valence-corrected chi connectivity index (χ3v) is 10.8. The molecule has 0 amide bonds. The van der Waals surface area contributed by atoms with Crippen LogP contribution in [0.2, 0.25) is 0 Å². The Bertz CT molecular complexity index is 1340. The zero-order valence-corrected chi connectivity index (χ0v) is 26.2.